The molecular weight excluding hydrogens is 302 g/mol. The molecule has 0 aliphatic carbocycles. The molecule has 1 unspecified atom stereocenters. The number of aromatic nitrogens is 1. The summed E-state index contributed by atoms with van der Waals surface area (Å²) in [6, 6.07) is 4.13. The Kier molecular flexibility index (Phi) is 4.77. The molecule has 0 saturated heterocycles. The third-order valence-electron chi connectivity index (χ3n) is 3.69. The third kappa shape index (κ3) is 3.38. The van der Waals surface area contributed by atoms with E-state index in [-0.39, 0.29) is 0 Å². The van der Waals surface area contributed by atoms with E-state index in [2.05, 4.69) is 4.98 Å². The second kappa shape index (κ2) is 6.59. The molecule has 0 saturated carbocycles. The van der Waals surface area contributed by atoms with Gasteiger partial charge in [-0.25, -0.2) is 0 Å². The first-order chi connectivity index (χ1) is 10.8. The van der Waals surface area contributed by atoms with Crippen LogP contribution >= 0.6 is 0 Å². The molecule has 8 nitrogen and oxygen atoms in total. The Morgan fingerprint density at radius 2 is 1.74 bits per heavy atom. The van der Waals surface area contributed by atoms with Crippen LogP contribution in [0.5, 0.6) is 0 Å². The highest BCUT2D eigenvalue weighted by Crippen LogP contribution is 2.29. The van der Waals surface area contributed by atoms with Crippen LogP contribution in [0.15, 0.2) is 30.5 Å². The van der Waals surface area contributed by atoms with E-state index < -0.39 is 42.1 Å². The maximum atomic E-state index is 12.4. The van der Waals surface area contributed by atoms with Crippen LogP contribution in [-0.2, 0) is 14.4 Å². The maximum absolute atomic E-state index is 12.4. The van der Waals surface area contributed by atoms with E-state index in [0.717, 1.165) is 5.52 Å². The molecule has 23 heavy (non-hydrogen) atoms. The molecule has 0 spiro atoms. The molecule has 1 aromatic carbocycles. The highest BCUT2D eigenvalue weighted by Gasteiger charge is 2.35. The van der Waals surface area contributed by atoms with Crippen molar-refractivity contribution in [1.29, 1.82) is 0 Å². The Balaban J connectivity index is 2.44. The molecule has 0 aliphatic rings. The number of fused-ring (bicyclic) bond motifs is 1. The van der Waals surface area contributed by atoms with E-state index in [1.165, 1.54) is 6.20 Å². The summed E-state index contributed by atoms with van der Waals surface area (Å²) in [5.74, 6) is -4.49. The Hall–Kier alpha value is -2.71. The molecule has 7 N–H and O–H groups in total. The molecule has 2 rings (SSSR count). The molecule has 1 heterocycles. The minimum Gasteiger partial charge on any atom is -0.480 e. The molecule has 0 fully saturated rings. The van der Waals surface area contributed by atoms with Gasteiger partial charge in [-0.3, -0.25) is 14.4 Å². The summed E-state index contributed by atoms with van der Waals surface area (Å²) >= 11 is 0. The Labute approximate surface area is 131 Å². The normalized spacial score (nSPS) is 15.0. The number of nitrogens with two attached hydrogens (primary N) is 2. The number of H-pyrrole nitrogens is 1. The quantitative estimate of drug-likeness (QED) is 0.481. The number of carbonyl (C=O) groups excluding carboxylic acids is 1. The molecule has 3 atom stereocenters. The monoisotopic (exact) mass is 319 g/mol. The zero-order valence-corrected chi connectivity index (χ0v) is 12.1. The first-order valence-corrected chi connectivity index (χ1v) is 6.88. The van der Waals surface area contributed by atoms with Crippen LogP contribution in [0.1, 0.15) is 17.9 Å². The van der Waals surface area contributed by atoms with Gasteiger partial charge in [0.05, 0.1) is 5.92 Å². The van der Waals surface area contributed by atoms with E-state index in [1.807, 2.05) is 0 Å². The number of carboxylic acid groups (broad SMARTS) is 2. The molecule has 0 bridgehead atoms. The van der Waals surface area contributed by atoms with Gasteiger partial charge in [0.25, 0.3) is 0 Å². The second-order valence-electron chi connectivity index (χ2n) is 5.25. The average Bonchev–Trinajstić information content (AvgIpc) is 2.91. The Morgan fingerprint density at radius 3 is 2.35 bits per heavy atom. The van der Waals surface area contributed by atoms with Crippen LogP contribution < -0.4 is 11.5 Å². The summed E-state index contributed by atoms with van der Waals surface area (Å²) in [7, 11) is 0. The zero-order valence-electron chi connectivity index (χ0n) is 12.1. The Morgan fingerprint density at radius 1 is 1.09 bits per heavy atom. The van der Waals surface area contributed by atoms with Gasteiger partial charge in [-0.15, -0.1) is 0 Å². The van der Waals surface area contributed by atoms with Crippen molar-refractivity contribution >= 4 is 28.6 Å². The lowest BCUT2D eigenvalue weighted by molar-refractivity contribution is -0.142. The summed E-state index contributed by atoms with van der Waals surface area (Å²) in [5.41, 5.74) is 12.2. The van der Waals surface area contributed by atoms with Crippen LogP contribution in [0.3, 0.4) is 0 Å². The molecule has 2 aromatic rings. The van der Waals surface area contributed by atoms with Gasteiger partial charge in [-0.05, 0) is 11.6 Å². The molecule has 0 aliphatic heterocycles. The van der Waals surface area contributed by atoms with E-state index in [4.69, 9.17) is 16.6 Å². The lowest BCUT2D eigenvalue weighted by Crippen LogP contribution is -2.43. The molecule has 122 valence electrons. The summed E-state index contributed by atoms with van der Waals surface area (Å²) in [6.07, 6.45) is 1.02. The fraction of sp³-hybridized carbons (Fsp3) is 0.267. The van der Waals surface area contributed by atoms with E-state index in [0.29, 0.717) is 10.9 Å². The van der Waals surface area contributed by atoms with Gasteiger partial charge in [0, 0.05) is 23.5 Å². The standard InChI is InChI=1S/C15H17N3O5/c16-9(14(20)21)5-11(19)12(13(17)15(22)23)8-6-18-10-4-2-1-3-7(8)10/h1-4,6,9,12-13,18H,5,16-17H2,(H,20,21)(H,22,23)/t9-,12?,13-/m0/s1. The molecule has 8 heteroatoms. The number of Topliss-reactive ketones (excluding diaryl/α,β-unsaturated/α-hetero) is 1. The number of ketones is 1. The van der Waals surface area contributed by atoms with Gasteiger partial charge >= 0.3 is 11.9 Å². The van der Waals surface area contributed by atoms with Gasteiger partial charge < -0.3 is 26.7 Å². The predicted octanol–water partition coefficient (Wildman–Crippen LogP) is 0.0345. The Bertz CT molecular complexity index is 754. The lowest BCUT2D eigenvalue weighted by Gasteiger charge is -2.20. The fourth-order valence-electron chi connectivity index (χ4n) is 2.49. The first kappa shape index (κ1) is 16.7. The van der Waals surface area contributed by atoms with Gasteiger partial charge in [0.1, 0.15) is 17.9 Å². The number of carboxylic acids is 2. The molecule has 1 aromatic heterocycles. The summed E-state index contributed by atoms with van der Waals surface area (Å²) < 4.78 is 0. The van der Waals surface area contributed by atoms with Crippen LogP contribution in [0.2, 0.25) is 0 Å². The third-order valence-corrected chi connectivity index (χ3v) is 3.69. The molecular formula is C15H17N3O5. The van der Waals surface area contributed by atoms with Gasteiger partial charge in [-0.1, -0.05) is 18.2 Å². The minimum absolute atomic E-state index is 0.415. The summed E-state index contributed by atoms with van der Waals surface area (Å²) in [4.78, 5) is 37.5. The lowest BCUT2D eigenvalue weighted by atomic mass is 9.85. The van der Waals surface area contributed by atoms with Crippen LogP contribution in [0, 0.1) is 0 Å². The van der Waals surface area contributed by atoms with Crippen molar-refractivity contribution in [3.63, 3.8) is 0 Å². The van der Waals surface area contributed by atoms with Gasteiger partial charge in [0.15, 0.2) is 0 Å². The van der Waals surface area contributed by atoms with Crippen molar-refractivity contribution in [2.24, 2.45) is 11.5 Å². The van der Waals surface area contributed by atoms with Crippen LogP contribution in [-0.4, -0.2) is 45.0 Å². The highest BCUT2D eigenvalue weighted by atomic mass is 16.4. The molecule has 0 amide bonds. The number of nitrogens with one attached hydrogen (secondary N) is 1. The summed E-state index contributed by atoms with van der Waals surface area (Å²) in [5, 5.41) is 18.7. The number of aliphatic carboxylic acids is 2. The number of hydrogen-bond donors (Lipinski definition) is 5. The highest BCUT2D eigenvalue weighted by molar-refractivity contribution is 5.98. The number of carbonyl (C=O) groups is 3. The first-order valence-electron chi connectivity index (χ1n) is 6.88. The smallest absolute Gasteiger partial charge is 0.321 e. The minimum atomic E-state index is -1.50. The topological polar surface area (TPSA) is 160 Å². The second-order valence-corrected chi connectivity index (χ2v) is 5.25. The van der Waals surface area contributed by atoms with Crippen molar-refractivity contribution in [2.45, 2.75) is 24.4 Å². The van der Waals surface area contributed by atoms with E-state index >= 15 is 0 Å². The number of aromatic amines is 1. The van der Waals surface area contributed by atoms with Crippen molar-refractivity contribution in [2.75, 3.05) is 0 Å². The number of benzene rings is 1. The van der Waals surface area contributed by atoms with Gasteiger partial charge in [-0.2, -0.15) is 0 Å². The number of rotatable bonds is 7. The number of para-hydroxylation sites is 1. The average molecular weight is 319 g/mol. The van der Waals surface area contributed by atoms with Crippen molar-refractivity contribution in [1.82, 2.24) is 4.98 Å². The number of hydrogen-bond acceptors (Lipinski definition) is 5. The van der Waals surface area contributed by atoms with Crippen LogP contribution in [0.25, 0.3) is 10.9 Å². The molecule has 0 radical (unpaired) electrons. The fourth-order valence-corrected chi connectivity index (χ4v) is 2.49. The van der Waals surface area contributed by atoms with E-state index in [1.54, 1.807) is 24.3 Å². The SMILES string of the molecule is N[C@H](C(=O)O)C(C(=O)C[C@H](N)C(=O)O)c1c[nH]c2ccccc12. The van der Waals surface area contributed by atoms with Gasteiger partial charge in [0.2, 0.25) is 0 Å². The zero-order chi connectivity index (χ0) is 17.1. The summed E-state index contributed by atoms with van der Waals surface area (Å²) in [6.45, 7) is 0. The largest absolute Gasteiger partial charge is 0.480 e. The van der Waals surface area contributed by atoms with Crippen molar-refractivity contribution < 1.29 is 24.6 Å². The maximum Gasteiger partial charge on any atom is 0.321 e. The van der Waals surface area contributed by atoms with Crippen LogP contribution in [0.4, 0.5) is 0 Å². The van der Waals surface area contributed by atoms with Crippen molar-refractivity contribution in [3.8, 4) is 0 Å². The van der Waals surface area contributed by atoms with E-state index in [9.17, 15) is 19.5 Å². The predicted molar refractivity (Wildman–Crippen MR) is 81.9 cm³/mol. The van der Waals surface area contributed by atoms with Crippen molar-refractivity contribution in [3.05, 3.63) is 36.0 Å².